The number of amides is 2. The van der Waals surface area contributed by atoms with Gasteiger partial charge in [-0.15, -0.1) is 11.3 Å². The lowest BCUT2D eigenvalue weighted by atomic mass is 9.95. The Labute approximate surface area is 178 Å². The molecule has 3 aromatic rings. The molecule has 7 nitrogen and oxygen atoms in total. The molecule has 0 saturated heterocycles. The Morgan fingerprint density at radius 3 is 2.37 bits per heavy atom. The van der Waals surface area contributed by atoms with Crippen LogP contribution in [0.2, 0.25) is 0 Å². The number of anilines is 3. The van der Waals surface area contributed by atoms with Crippen LogP contribution in [0.25, 0.3) is 0 Å². The number of aromatic nitrogens is 2. The summed E-state index contributed by atoms with van der Waals surface area (Å²) in [5.41, 5.74) is 10.1. The molecule has 0 unspecified atom stereocenters. The number of primary amides is 1. The summed E-state index contributed by atoms with van der Waals surface area (Å²) < 4.78 is 0. The number of nitrogens with one attached hydrogen (secondary N) is 2. The molecule has 1 aliphatic rings. The molecule has 8 heteroatoms. The van der Waals surface area contributed by atoms with Crippen LogP contribution in [0.5, 0.6) is 0 Å². The minimum Gasteiger partial charge on any atom is -0.365 e. The third-order valence-corrected chi connectivity index (χ3v) is 6.24. The van der Waals surface area contributed by atoms with Crippen LogP contribution in [0.4, 0.5) is 16.6 Å². The molecule has 0 spiro atoms. The lowest BCUT2D eigenvalue weighted by Crippen LogP contribution is -2.18. The van der Waals surface area contributed by atoms with Gasteiger partial charge in [-0.1, -0.05) is 0 Å². The Hall–Kier alpha value is -3.26. The monoisotopic (exact) mass is 421 g/mol. The van der Waals surface area contributed by atoms with E-state index in [0.29, 0.717) is 22.1 Å². The third-order valence-electron chi connectivity index (χ3n) is 5.03. The summed E-state index contributed by atoms with van der Waals surface area (Å²) in [6.07, 6.45) is 3.89. The van der Waals surface area contributed by atoms with Gasteiger partial charge in [0.2, 0.25) is 5.95 Å². The second-order valence-electron chi connectivity index (χ2n) is 7.41. The van der Waals surface area contributed by atoms with Crippen LogP contribution >= 0.6 is 11.3 Å². The molecule has 0 bridgehead atoms. The lowest BCUT2D eigenvalue weighted by molar-refractivity contribution is 0.100. The number of nitrogens with zero attached hydrogens (tertiary/aromatic N) is 2. The molecular formula is C22H23N5O2S. The van der Waals surface area contributed by atoms with E-state index in [4.69, 9.17) is 5.73 Å². The molecule has 0 atom stereocenters. The number of hydrogen-bond donors (Lipinski definition) is 3. The SMILES string of the molecule is Cc1cc(C)nc(Nc2ccc(C(=O)Nc3sc4c(c3C(N)=O)CCCC4)cc2)n1. The first-order valence-electron chi connectivity index (χ1n) is 9.86. The van der Waals surface area contributed by atoms with Gasteiger partial charge in [-0.2, -0.15) is 0 Å². The van der Waals surface area contributed by atoms with Gasteiger partial charge in [0.1, 0.15) is 5.00 Å². The summed E-state index contributed by atoms with van der Waals surface area (Å²) in [4.78, 5) is 34.6. The number of nitrogens with two attached hydrogens (primary N) is 1. The number of benzene rings is 1. The van der Waals surface area contributed by atoms with Crippen molar-refractivity contribution in [3.8, 4) is 0 Å². The fraction of sp³-hybridized carbons (Fsp3) is 0.273. The van der Waals surface area contributed by atoms with Crippen molar-refractivity contribution in [2.75, 3.05) is 10.6 Å². The van der Waals surface area contributed by atoms with Gasteiger partial charge >= 0.3 is 0 Å². The Bertz CT molecular complexity index is 1100. The van der Waals surface area contributed by atoms with Crippen LogP contribution in [0, 0.1) is 13.8 Å². The summed E-state index contributed by atoms with van der Waals surface area (Å²) in [5.74, 6) is -0.247. The number of carbonyl (C=O) groups excluding carboxylic acids is 2. The first kappa shape index (κ1) is 20.0. The van der Waals surface area contributed by atoms with Gasteiger partial charge in [0, 0.05) is 27.5 Å². The Balaban J connectivity index is 1.51. The highest BCUT2D eigenvalue weighted by Gasteiger charge is 2.25. The molecule has 4 rings (SSSR count). The predicted octanol–water partition coefficient (Wildman–Crippen LogP) is 4.13. The maximum absolute atomic E-state index is 12.8. The van der Waals surface area contributed by atoms with Gasteiger partial charge in [-0.3, -0.25) is 9.59 Å². The normalized spacial score (nSPS) is 12.9. The molecule has 0 fully saturated rings. The van der Waals surface area contributed by atoms with Gasteiger partial charge in [-0.25, -0.2) is 9.97 Å². The molecule has 30 heavy (non-hydrogen) atoms. The highest BCUT2D eigenvalue weighted by atomic mass is 32.1. The van der Waals surface area contributed by atoms with Gasteiger partial charge in [-0.05, 0) is 75.4 Å². The van der Waals surface area contributed by atoms with Crippen LogP contribution in [0.1, 0.15) is 55.4 Å². The zero-order chi connectivity index (χ0) is 21.3. The topological polar surface area (TPSA) is 110 Å². The third kappa shape index (κ3) is 4.18. The number of aryl methyl sites for hydroxylation is 3. The molecule has 1 aliphatic carbocycles. The first-order chi connectivity index (χ1) is 14.4. The number of rotatable bonds is 5. The van der Waals surface area contributed by atoms with Crippen molar-refractivity contribution in [3.63, 3.8) is 0 Å². The van der Waals surface area contributed by atoms with Crippen molar-refractivity contribution >= 4 is 39.8 Å². The summed E-state index contributed by atoms with van der Waals surface area (Å²) in [5, 5.41) is 6.57. The predicted molar refractivity (Wildman–Crippen MR) is 119 cm³/mol. The molecule has 2 amide bonds. The lowest BCUT2D eigenvalue weighted by Gasteiger charge is -2.11. The number of fused-ring (bicyclic) bond motifs is 1. The van der Waals surface area contributed by atoms with Crippen LogP contribution in [-0.4, -0.2) is 21.8 Å². The largest absolute Gasteiger partial charge is 0.365 e. The molecule has 1 aromatic carbocycles. The molecule has 4 N–H and O–H groups in total. The molecular weight excluding hydrogens is 398 g/mol. The quantitative estimate of drug-likeness (QED) is 0.574. The van der Waals surface area contributed by atoms with Gasteiger partial charge in [0.15, 0.2) is 0 Å². The van der Waals surface area contributed by atoms with E-state index in [1.165, 1.54) is 11.3 Å². The Morgan fingerprint density at radius 2 is 1.70 bits per heavy atom. The first-order valence-corrected chi connectivity index (χ1v) is 10.7. The van der Waals surface area contributed by atoms with E-state index in [1.807, 2.05) is 19.9 Å². The van der Waals surface area contributed by atoms with Crippen molar-refractivity contribution in [2.45, 2.75) is 39.5 Å². The second-order valence-corrected chi connectivity index (χ2v) is 8.52. The van der Waals surface area contributed by atoms with E-state index in [9.17, 15) is 9.59 Å². The Kier molecular flexibility index (Phi) is 5.50. The standard InChI is InChI=1S/C22H23N5O2S/c1-12-11-13(2)25-22(24-12)26-15-9-7-14(8-10-15)20(29)27-21-18(19(23)28)16-5-3-4-6-17(16)30-21/h7-11H,3-6H2,1-2H3,(H2,23,28)(H,27,29)(H,24,25,26). The molecule has 0 radical (unpaired) electrons. The van der Waals surface area contributed by atoms with E-state index in [2.05, 4.69) is 20.6 Å². The smallest absolute Gasteiger partial charge is 0.256 e. The average molecular weight is 422 g/mol. The van der Waals surface area contributed by atoms with Crippen molar-refractivity contribution < 1.29 is 9.59 Å². The van der Waals surface area contributed by atoms with E-state index >= 15 is 0 Å². The zero-order valence-corrected chi connectivity index (χ0v) is 17.7. The van der Waals surface area contributed by atoms with Crippen LogP contribution in [0.15, 0.2) is 30.3 Å². The van der Waals surface area contributed by atoms with Crippen molar-refractivity contribution in [2.24, 2.45) is 5.73 Å². The number of carbonyl (C=O) groups is 2. The highest BCUT2D eigenvalue weighted by molar-refractivity contribution is 7.17. The highest BCUT2D eigenvalue weighted by Crippen LogP contribution is 2.38. The second kappa shape index (κ2) is 8.23. The summed E-state index contributed by atoms with van der Waals surface area (Å²) in [7, 11) is 0. The maximum atomic E-state index is 12.8. The average Bonchev–Trinajstić information content (AvgIpc) is 3.05. The van der Waals surface area contributed by atoms with Crippen LogP contribution in [-0.2, 0) is 12.8 Å². The maximum Gasteiger partial charge on any atom is 0.256 e. The fourth-order valence-corrected chi connectivity index (χ4v) is 5.00. The minimum atomic E-state index is -0.488. The minimum absolute atomic E-state index is 0.273. The van der Waals surface area contributed by atoms with Crippen molar-refractivity contribution in [1.82, 2.24) is 9.97 Å². The van der Waals surface area contributed by atoms with Gasteiger partial charge < -0.3 is 16.4 Å². The van der Waals surface area contributed by atoms with Gasteiger partial charge in [0.05, 0.1) is 5.56 Å². The summed E-state index contributed by atoms with van der Waals surface area (Å²) >= 11 is 1.46. The summed E-state index contributed by atoms with van der Waals surface area (Å²) in [6, 6.07) is 8.94. The molecule has 2 aromatic heterocycles. The number of hydrogen-bond acceptors (Lipinski definition) is 6. The van der Waals surface area contributed by atoms with E-state index < -0.39 is 5.91 Å². The molecule has 154 valence electrons. The fourth-order valence-electron chi connectivity index (χ4n) is 3.71. The zero-order valence-electron chi connectivity index (χ0n) is 16.9. The van der Waals surface area contributed by atoms with Crippen molar-refractivity contribution in [1.29, 1.82) is 0 Å². The van der Waals surface area contributed by atoms with Gasteiger partial charge in [0.25, 0.3) is 11.8 Å². The molecule has 0 saturated carbocycles. The van der Waals surface area contributed by atoms with E-state index in [-0.39, 0.29) is 5.91 Å². The van der Waals surface area contributed by atoms with E-state index in [1.54, 1.807) is 24.3 Å². The van der Waals surface area contributed by atoms with Crippen LogP contribution in [0.3, 0.4) is 0 Å². The van der Waals surface area contributed by atoms with Crippen molar-refractivity contribution in [3.05, 3.63) is 63.3 Å². The molecule has 2 heterocycles. The number of thiophene rings is 1. The summed E-state index contributed by atoms with van der Waals surface area (Å²) in [6.45, 7) is 3.83. The molecule has 0 aliphatic heterocycles. The Morgan fingerprint density at radius 1 is 1.03 bits per heavy atom. The van der Waals surface area contributed by atoms with E-state index in [0.717, 1.165) is 53.2 Å². The van der Waals surface area contributed by atoms with Crippen LogP contribution < -0.4 is 16.4 Å².